The summed E-state index contributed by atoms with van der Waals surface area (Å²) < 4.78 is 0. The lowest BCUT2D eigenvalue weighted by Crippen LogP contribution is -2.56. The average Bonchev–Trinajstić information content (AvgIpc) is 2.66. The summed E-state index contributed by atoms with van der Waals surface area (Å²) in [6.45, 7) is 3.78. The quantitative estimate of drug-likeness (QED) is 0.535. The van der Waals surface area contributed by atoms with Gasteiger partial charge in [-0.3, -0.25) is 4.79 Å². The second kappa shape index (κ2) is 9.89. The van der Waals surface area contributed by atoms with Crippen molar-refractivity contribution in [1.29, 1.82) is 5.26 Å². The van der Waals surface area contributed by atoms with Crippen LogP contribution >= 0.6 is 35.0 Å². The third-order valence-corrected chi connectivity index (χ3v) is 6.84. The van der Waals surface area contributed by atoms with E-state index in [0.29, 0.717) is 44.8 Å². The van der Waals surface area contributed by atoms with E-state index in [4.69, 9.17) is 23.2 Å². The zero-order valence-electron chi connectivity index (χ0n) is 15.8. The Morgan fingerprint density at radius 1 is 1.39 bits per heavy atom. The van der Waals surface area contributed by atoms with Crippen LogP contribution in [0.25, 0.3) is 0 Å². The Morgan fingerprint density at radius 3 is 2.61 bits per heavy atom. The number of thioether (sulfide) groups is 1. The van der Waals surface area contributed by atoms with Gasteiger partial charge in [0.15, 0.2) is 0 Å². The predicted octanol–water partition coefficient (Wildman–Crippen LogP) is 4.79. The highest BCUT2D eigenvalue weighted by Gasteiger charge is 2.56. The van der Waals surface area contributed by atoms with Gasteiger partial charge >= 0.3 is 5.97 Å². The highest BCUT2D eigenvalue weighted by Crippen LogP contribution is 2.53. The highest BCUT2D eigenvalue weighted by atomic mass is 35.5. The van der Waals surface area contributed by atoms with Crippen molar-refractivity contribution in [3.05, 3.63) is 44.4 Å². The molecule has 1 aromatic rings. The summed E-state index contributed by atoms with van der Waals surface area (Å²) in [5, 5.41) is 34.3. The predicted molar refractivity (Wildman–Crippen MR) is 114 cm³/mol. The minimum atomic E-state index is -1.23. The molecule has 1 heterocycles. The Morgan fingerprint density at radius 2 is 2.11 bits per heavy atom. The molecular formula is C20H24Cl2N2O3S. The topological polar surface area (TPSA) is 93.4 Å². The van der Waals surface area contributed by atoms with E-state index in [1.165, 1.54) is 11.8 Å². The number of rotatable bonds is 8. The van der Waals surface area contributed by atoms with E-state index in [1.54, 1.807) is 18.2 Å². The number of carboxylic acids is 1. The van der Waals surface area contributed by atoms with E-state index in [-0.39, 0.29) is 12.6 Å². The standard InChI is InChI=1S/C20H24Cl2N2O3S/c1-3-5-16-20(4-2,19(26)27)17(13-7-6-12(21)10-15(13)22)14(11-23)18(24-16)28-9-8-25/h6-7,10,16-17,24-25H,3-5,8-9H2,1-2H3,(H,26,27). The van der Waals surface area contributed by atoms with Gasteiger partial charge in [0.2, 0.25) is 0 Å². The normalized spacial score (nSPS) is 24.6. The van der Waals surface area contributed by atoms with Crippen LogP contribution in [0.3, 0.4) is 0 Å². The highest BCUT2D eigenvalue weighted by molar-refractivity contribution is 8.03. The minimum absolute atomic E-state index is 0.0444. The van der Waals surface area contributed by atoms with Gasteiger partial charge in [-0.05, 0) is 30.5 Å². The van der Waals surface area contributed by atoms with Crippen LogP contribution in [-0.2, 0) is 4.79 Å². The number of benzene rings is 1. The van der Waals surface area contributed by atoms with Crippen LogP contribution in [0, 0.1) is 16.7 Å². The molecule has 1 aromatic carbocycles. The first-order chi connectivity index (χ1) is 13.4. The van der Waals surface area contributed by atoms with Gasteiger partial charge in [-0.25, -0.2) is 0 Å². The summed E-state index contributed by atoms with van der Waals surface area (Å²) in [4.78, 5) is 12.6. The summed E-state index contributed by atoms with van der Waals surface area (Å²) in [6, 6.07) is 6.79. The van der Waals surface area contributed by atoms with Crippen LogP contribution in [0.4, 0.5) is 0 Å². The van der Waals surface area contributed by atoms with E-state index >= 15 is 0 Å². The van der Waals surface area contributed by atoms with Crippen LogP contribution in [0.2, 0.25) is 10.0 Å². The number of halogens is 2. The molecule has 0 bridgehead atoms. The number of aliphatic hydroxyl groups excluding tert-OH is 1. The lowest BCUT2D eigenvalue weighted by molar-refractivity contribution is -0.153. The van der Waals surface area contributed by atoms with Gasteiger partial charge in [0.05, 0.1) is 28.7 Å². The molecule has 0 aliphatic carbocycles. The number of hydrogen-bond donors (Lipinski definition) is 3. The maximum Gasteiger partial charge on any atom is 0.312 e. The number of aliphatic hydroxyl groups is 1. The Balaban J connectivity index is 2.81. The van der Waals surface area contributed by atoms with Crippen LogP contribution in [0.15, 0.2) is 28.8 Å². The van der Waals surface area contributed by atoms with Gasteiger partial charge in [-0.2, -0.15) is 5.26 Å². The number of nitriles is 1. The molecule has 28 heavy (non-hydrogen) atoms. The number of allylic oxidation sites excluding steroid dienone is 1. The van der Waals surface area contributed by atoms with E-state index in [9.17, 15) is 20.3 Å². The second-order valence-corrected chi connectivity index (χ2v) is 8.66. The molecule has 3 N–H and O–H groups in total. The summed E-state index contributed by atoms with van der Waals surface area (Å²) >= 11 is 13.8. The molecule has 3 atom stereocenters. The monoisotopic (exact) mass is 442 g/mol. The molecule has 0 fully saturated rings. The van der Waals surface area contributed by atoms with Crippen molar-refractivity contribution >= 4 is 40.9 Å². The molecule has 0 saturated heterocycles. The van der Waals surface area contributed by atoms with Crippen molar-refractivity contribution < 1.29 is 15.0 Å². The van der Waals surface area contributed by atoms with Crippen LogP contribution in [0.5, 0.6) is 0 Å². The molecular weight excluding hydrogens is 419 g/mol. The van der Waals surface area contributed by atoms with Crippen LogP contribution in [0.1, 0.15) is 44.6 Å². The first-order valence-electron chi connectivity index (χ1n) is 9.20. The SMILES string of the molecule is CCCC1NC(SCCO)=C(C#N)C(c2ccc(Cl)cc2Cl)C1(CC)C(=O)O. The third kappa shape index (κ3) is 4.13. The Hall–Kier alpha value is -1.39. The smallest absolute Gasteiger partial charge is 0.312 e. The van der Waals surface area contributed by atoms with Crippen molar-refractivity contribution in [3.8, 4) is 6.07 Å². The number of carbonyl (C=O) groups is 1. The van der Waals surface area contributed by atoms with Gasteiger partial charge in [0, 0.05) is 27.8 Å². The number of nitrogens with one attached hydrogen (secondary N) is 1. The Labute approximate surface area is 179 Å². The number of hydrogen-bond acceptors (Lipinski definition) is 5. The Kier molecular flexibility index (Phi) is 8.08. The van der Waals surface area contributed by atoms with Crippen LogP contribution in [-0.4, -0.2) is 34.6 Å². The van der Waals surface area contributed by atoms with Gasteiger partial charge in [-0.15, -0.1) is 11.8 Å². The lowest BCUT2D eigenvalue weighted by atomic mass is 9.60. The van der Waals surface area contributed by atoms with E-state index < -0.39 is 17.3 Å². The third-order valence-electron chi connectivity index (χ3n) is 5.27. The van der Waals surface area contributed by atoms with Crippen molar-refractivity contribution in [1.82, 2.24) is 5.32 Å². The first-order valence-corrected chi connectivity index (χ1v) is 10.9. The van der Waals surface area contributed by atoms with Crippen molar-refractivity contribution in [3.63, 3.8) is 0 Å². The molecule has 0 spiro atoms. The van der Waals surface area contributed by atoms with Crippen molar-refractivity contribution in [2.75, 3.05) is 12.4 Å². The molecule has 5 nitrogen and oxygen atoms in total. The zero-order chi connectivity index (χ0) is 20.9. The van der Waals surface area contributed by atoms with Crippen molar-refractivity contribution in [2.45, 2.75) is 45.1 Å². The molecule has 2 rings (SSSR count). The Bertz CT molecular complexity index is 809. The molecule has 1 aliphatic heterocycles. The largest absolute Gasteiger partial charge is 0.481 e. The summed E-state index contributed by atoms with van der Waals surface area (Å²) in [5.41, 5.74) is -0.321. The summed E-state index contributed by atoms with van der Waals surface area (Å²) in [7, 11) is 0. The minimum Gasteiger partial charge on any atom is -0.481 e. The molecule has 1 aliphatic rings. The fraction of sp³-hybridized carbons (Fsp3) is 0.500. The molecule has 152 valence electrons. The van der Waals surface area contributed by atoms with E-state index in [0.717, 1.165) is 6.42 Å². The maximum absolute atomic E-state index is 12.6. The number of carboxylic acid groups (broad SMARTS) is 1. The number of aliphatic carboxylic acids is 1. The zero-order valence-corrected chi connectivity index (χ0v) is 18.2. The van der Waals surface area contributed by atoms with Gasteiger partial charge in [0.1, 0.15) is 0 Å². The molecule has 8 heteroatoms. The maximum atomic E-state index is 12.6. The molecule has 0 saturated carbocycles. The van der Waals surface area contributed by atoms with Crippen molar-refractivity contribution in [2.24, 2.45) is 5.41 Å². The van der Waals surface area contributed by atoms with Crippen LogP contribution < -0.4 is 5.32 Å². The van der Waals surface area contributed by atoms with E-state index in [1.807, 2.05) is 13.8 Å². The first kappa shape index (κ1) is 22.9. The number of nitrogens with zero attached hydrogens (tertiary/aromatic N) is 1. The lowest BCUT2D eigenvalue weighted by Gasteiger charge is -2.47. The molecule has 3 unspecified atom stereocenters. The van der Waals surface area contributed by atoms with Gasteiger partial charge in [0.25, 0.3) is 0 Å². The summed E-state index contributed by atoms with van der Waals surface area (Å²) in [6.07, 6.45) is 1.74. The van der Waals surface area contributed by atoms with Gasteiger partial charge < -0.3 is 15.5 Å². The van der Waals surface area contributed by atoms with Gasteiger partial charge in [-0.1, -0.05) is 49.5 Å². The average molecular weight is 443 g/mol. The fourth-order valence-electron chi connectivity index (χ4n) is 4.00. The molecule has 0 radical (unpaired) electrons. The summed E-state index contributed by atoms with van der Waals surface area (Å²) in [5.74, 6) is -1.28. The molecule has 0 aromatic heterocycles. The van der Waals surface area contributed by atoms with E-state index in [2.05, 4.69) is 11.4 Å². The molecule has 0 amide bonds. The second-order valence-electron chi connectivity index (χ2n) is 6.71. The fourth-order valence-corrected chi connectivity index (χ4v) is 5.36.